The van der Waals surface area contributed by atoms with E-state index in [0.29, 0.717) is 0 Å². The normalized spacial score (nSPS) is 13.2. The number of unbranched alkanes of at least 4 members (excludes halogenated alkanes) is 7. The van der Waals surface area contributed by atoms with E-state index < -0.39 is 0 Å². The second kappa shape index (κ2) is 8.29. The Balaban J connectivity index is 1.44. The third-order valence-corrected chi connectivity index (χ3v) is 6.01. The third kappa shape index (κ3) is 3.81. The number of nitrogens with zero attached hydrogens (tertiary/aromatic N) is 2. The zero-order chi connectivity index (χ0) is 18.6. The predicted molar refractivity (Wildman–Crippen MR) is 118 cm³/mol. The lowest BCUT2D eigenvalue weighted by molar-refractivity contribution is 0.572. The summed E-state index contributed by atoms with van der Waals surface area (Å²) in [6.45, 7) is 6.66. The van der Waals surface area contributed by atoms with Crippen LogP contribution < -0.4 is 4.90 Å². The van der Waals surface area contributed by atoms with Crippen molar-refractivity contribution in [3.63, 3.8) is 0 Å². The minimum atomic E-state index is 1.04. The molecule has 27 heavy (non-hydrogen) atoms. The number of aryl methyl sites for hydroxylation is 1. The Morgan fingerprint density at radius 1 is 0.889 bits per heavy atom. The molecule has 2 nitrogen and oxygen atoms in total. The average molecular weight is 361 g/mol. The first-order valence-electron chi connectivity index (χ1n) is 10.8. The van der Waals surface area contributed by atoms with Crippen molar-refractivity contribution in [2.75, 3.05) is 11.4 Å². The van der Waals surface area contributed by atoms with Gasteiger partial charge in [0.15, 0.2) is 0 Å². The molecule has 0 aliphatic carbocycles. The Kier molecular flexibility index (Phi) is 5.61. The molecule has 0 saturated heterocycles. The number of pyridine rings is 1. The highest BCUT2D eigenvalue weighted by molar-refractivity contribution is 6.06. The van der Waals surface area contributed by atoms with E-state index in [1.165, 1.54) is 79.0 Å². The van der Waals surface area contributed by atoms with Gasteiger partial charge in [-0.1, -0.05) is 69.6 Å². The van der Waals surface area contributed by atoms with Gasteiger partial charge in [-0.15, -0.1) is 0 Å². The summed E-state index contributed by atoms with van der Waals surface area (Å²) in [7, 11) is 0. The lowest BCUT2D eigenvalue weighted by Crippen LogP contribution is -2.19. The molecule has 0 radical (unpaired) electrons. The third-order valence-electron chi connectivity index (χ3n) is 6.01. The first-order chi connectivity index (χ1) is 13.3. The standard InChI is InChI=1S/C25H32N2/c1-3-4-5-6-7-8-9-10-16-27-18-21-20-17-19(2)14-15-22(20)26-23-12-11-13-24(27)25(21)23/h11-15,17H,3-10,16,18H2,1-2H3. The van der Waals surface area contributed by atoms with Crippen LogP contribution in [0.1, 0.15) is 69.4 Å². The predicted octanol–water partition coefficient (Wildman–Crippen LogP) is 7.16. The van der Waals surface area contributed by atoms with Crippen molar-refractivity contribution in [2.24, 2.45) is 0 Å². The van der Waals surface area contributed by atoms with Gasteiger partial charge >= 0.3 is 0 Å². The lowest BCUT2D eigenvalue weighted by atomic mass is 10.0. The monoisotopic (exact) mass is 360 g/mol. The molecule has 4 rings (SSSR count). The van der Waals surface area contributed by atoms with Crippen LogP contribution in [0, 0.1) is 6.92 Å². The van der Waals surface area contributed by atoms with Crippen molar-refractivity contribution in [2.45, 2.75) is 71.8 Å². The molecule has 1 aliphatic heterocycles. The Hall–Kier alpha value is -2.09. The average Bonchev–Trinajstić information content (AvgIpc) is 3.05. The number of fused-ring (bicyclic) bond motifs is 2. The van der Waals surface area contributed by atoms with Crippen LogP contribution in [0.15, 0.2) is 36.4 Å². The molecular weight excluding hydrogens is 328 g/mol. The summed E-state index contributed by atoms with van der Waals surface area (Å²) in [6, 6.07) is 13.3. The lowest BCUT2D eigenvalue weighted by Gasteiger charge is -2.19. The van der Waals surface area contributed by atoms with Crippen LogP contribution in [-0.2, 0) is 6.54 Å². The van der Waals surface area contributed by atoms with E-state index in [0.717, 1.165) is 24.1 Å². The van der Waals surface area contributed by atoms with Gasteiger partial charge in [0.1, 0.15) is 0 Å². The van der Waals surface area contributed by atoms with E-state index in [1.54, 1.807) is 0 Å². The quantitative estimate of drug-likeness (QED) is 0.297. The number of hydrogen-bond donors (Lipinski definition) is 0. The zero-order valence-corrected chi connectivity index (χ0v) is 16.9. The van der Waals surface area contributed by atoms with E-state index in [4.69, 9.17) is 4.98 Å². The van der Waals surface area contributed by atoms with Gasteiger partial charge in [0.25, 0.3) is 0 Å². The molecule has 3 aromatic rings. The summed E-state index contributed by atoms with van der Waals surface area (Å²) in [4.78, 5) is 7.52. The summed E-state index contributed by atoms with van der Waals surface area (Å²) in [5, 5.41) is 2.73. The van der Waals surface area contributed by atoms with E-state index in [-0.39, 0.29) is 0 Å². The van der Waals surface area contributed by atoms with Crippen LogP contribution in [0.3, 0.4) is 0 Å². The smallest absolute Gasteiger partial charge is 0.0734 e. The molecule has 0 saturated carbocycles. The molecule has 2 heteroatoms. The van der Waals surface area contributed by atoms with Crippen LogP contribution in [0.5, 0.6) is 0 Å². The maximum Gasteiger partial charge on any atom is 0.0734 e. The topological polar surface area (TPSA) is 16.1 Å². The van der Waals surface area contributed by atoms with Crippen molar-refractivity contribution in [3.05, 3.63) is 47.5 Å². The molecule has 0 unspecified atom stereocenters. The SMILES string of the molecule is CCCCCCCCCCN1Cc2c3cc(C)ccc3nc3cccc1c23. The van der Waals surface area contributed by atoms with Gasteiger partial charge in [-0.3, -0.25) is 0 Å². The maximum absolute atomic E-state index is 4.93. The highest BCUT2D eigenvalue weighted by Crippen LogP contribution is 2.40. The maximum atomic E-state index is 4.93. The molecule has 1 aromatic heterocycles. The molecule has 2 heterocycles. The molecule has 0 N–H and O–H groups in total. The number of aromatic nitrogens is 1. The fourth-order valence-corrected chi connectivity index (χ4v) is 4.52. The van der Waals surface area contributed by atoms with Gasteiger partial charge in [0.2, 0.25) is 0 Å². The number of anilines is 1. The Morgan fingerprint density at radius 2 is 1.67 bits per heavy atom. The van der Waals surface area contributed by atoms with E-state index >= 15 is 0 Å². The molecular formula is C25H32N2. The largest absolute Gasteiger partial charge is 0.367 e. The van der Waals surface area contributed by atoms with Gasteiger partial charge in [0.05, 0.1) is 11.0 Å². The van der Waals surface area contributed by atoms with Crippen molar-refractivity contribution in [3.8, 4) is 0 Å². The van der Waals surface area contributed by atoms with Crippen LogP contribution in [0.25, 0.3) is 21.8 Å². The van der Waals surface area contributed by atoms with Crippen molar-refractivity contribution in [1.82, 2.24) is 4.98 Å². The molecule has 0 atom stereocenters. The highest BCUT2D eigenvalue weighted by Gasteiger charge is 2.23. The van der Waals surface area contributed by atoms with Crippen LogP contribution in [0.4, 0.5) is 5.69 Å². The number of benzene rings is 2. The number of hydrogen-bond acceptors (Lipinski definition) is 2. The Morgan fingerprint density at radius 3 is 2.48 bits per heavy atom. The van der Waals surface area contributed by atoms with Gasteiger partial charge in [0, 0.05) is 29.5 Å². The van der Waals surface area contributed by atoms with Gasteiger partial charge in [-0.05, 0) is 43.2 Å². The van der Waals surface area contributed by atoms with E-state index in [1.807, 2.05) is 0 Å². The minimum absolute atomic E-state index is 1.04. The van der Waals surface area contributed by atoms with E-state index in [9.17, 15) is 0 Å². The molecule has 0 bridgehead atoms. The first-order valence-corrected chi connectivity index (χ1v) is 10.8. The van der Waals surface area contributed by atoms with Crippen LogP contribution in [0.2, 0.25) is 0 Å². The van der Waals surface area contributed by atoms with E-state index in [2.05, 4.69) is 55.1 Å². The molecule has 0 spiro atoms. The first kappa shape index (κ1) is 18.3. The zero-order valence-electron chi connectivity index (χ0n) is 16.9. The van der Waals surface area contributed by atoms with Crippen LogP contribution in [-0.4, -0.2) is 11.5 Å². The molecule has 1 aliphatic rings. The van der Waals surface area contributed by atoms with Gasteiger partial charge < -0.3 is 4.90 Å². The second-order valence-electron chi connectivity index (χ2n) is 8.18. The second-order valence-corrected chi connectivity index (χ2v) is 8.18. The van der Waals surface area contributed by atoms with Crippen LogP contribution >= 0.6 is 0 Å². The molecule has 2 aromatic carbocycles. The summed E-state index contributed by atoms with van der Waals surface area (Å²) in [6.07, 6.45) is 11.0. The fraction of sp³-hybridized carbons (Fsp3) is 0.480. The van der Waals surface area contributed by atoms with Gasteiger partial charge in [-0.25, -0.2) is 4.98 Å². The molecule has 142 valence electrons. The summed E-state index contributed by atoms with van der Waals surface area (Å²) < 4.78 is 0. The molecule has 0 fully saturated rings. The number of rotatable bonds is 9. The minimum Gasteiger partial charge on any atom is -0.367 e. The highest BCUT2D eigenvalue weighted by atomic mass is 15.1. The Labute approximate surface area is 163 Å². The Bertz CT molecular complexity index is 928. The van der Waals surface area contributed by atoms with Crippen molar-refractivity contribution < 1.29 is 0 Å². The van der Waals surface area contributed by atoms with Crippen molar-refractivity contribution in [1.29, 1.82) is 0 Å². The summed E-state index contributed by atoms with van der Waals surface area (Å²) in [5.74, 6) is 0. The fourth-order valence-electron chi connectivity index (χ4n) is 4.52. The molecule has 0 amide bonds. The summed E-state index contributed by atoms with van der Waals surface area (Å²) in [5.41, 5.74) is 6.47. The summed E-state index contributed by atoms with van der Waals surface area (Å²) >= 11 is 0. The van der Waals surface area contributed by atoms with Crippen molar-refractivity contribution >= 4 is 27.5 Å². The van der Waals surface area contributed by atoms with Gasteiger partial charge in [-0.2, -0.15) is 0 Å².